The first kappa shape index (κ1) is 21.8. The van der Waals surface area contributed by atoms with Gasteiger partial charge in [-0.1, -0.05) is 19.9 Å². The van der Waals surface area contributed by atoms with Crippen LogP contribution in [0.15, 0.2) is 18.2 Å². The molecule has 2 amide bonds. The van der Waals surface area contributed by atoms with Gasteiger partial charge in [-0.25, -0.2) is 4.39 Å². The van der Waals surface area contributed by atoms with Crippen molar-refractivity contribution in [2.75, 3.05) is 26.2 Å². The molecular weight excluding hydrogens is 395 g/mol. The highest BCUT2D eigenvalue weighted by Gasteiger charge is 2.31. The largest absolute Gasteiger partial charge is 0.350 e. The standard InChI is InChI=1S/C24H33FN4O2/c1-15(2)24(31)29-11-9-28(10-12-29)18-6-4-5-17(13-18)26-23(30)21-14-19-20(25)8-7-16(3)22(19)27-21/h7-8,14-15,17-18,27H,4-6,9-13H2,1-3H3,(H,26,30)/t17-,18+/m1/s1. The topological polar surface area (TPSA) is 68.4 Å². The number of benzene rings is 1. The van der Waals surface area contributed by atoms with Gasteiger partial charge >= 0.3 is 0 Å². The predicted molar refractivity (Wildman–Crippen MR) is 119 cm³/mol. The van der Waals surface area contributed by atoms with Crippen molar-refractivity contribution in [3.63, 3.8) is 0 Å². The van der Waals surface area contributed by atoms with Crippen LogP contribution in [0.2, 0.25) is 0 Å². The Morgan fingerprint density at radius 1 is 1.16 bits per heavy atom. The van der Waals surface area contributed by atoms with Gasteiger partial charge in [0.1, 0.15) is 11.5 Å². The highest BCUT2D eigenvalue weighted by Crippen LogP contribution is 2.26. The molecule has 4 rings (SSSR count). The number of piperazine rings is 1. The number of nitrogens with one attached hydrogen (secondary N) is 2. The monoisotopic (exact) mass is 428 g/mol. The van der Waals surface area contributed by atoms with E-state index in [0.717, 1.165) is 57.4 Å². The van der Waals surface area contributed by atoms with Crippen molar-refractivity contribution in [3.8, 4) is 0 Å². The summed E-state index contributed by atoms with van der Waals surface area (Å²) in [6.45, 7) is 9.15. The summed E-state index contributed by atoms with van der Waals surface area (Å²) in [5, 5.41) is 3.62. The van der Waals surface area contributed by atoms with Crippen molar-refractivity contribution in [2.24, 2.45) is 5.92 Å². The number of aromatic nitrogens is 1. The highest BCUT2D eigenvalue weighted by molar-refractivity contribution is 5.99. The van der Waals surface area contributed by atoms with E-state index in [0.29, 0.717) is 22.6 Å². The maximum atomic E-state index is 14.1. The lowest BCUT2D eigenvalue weighted by Gasteiger charge is -2.42. The fraction of sp³-hybridized carbons (Fsp3) is 0.583. The fourth-order valence-electron chi connectivity index (χ4n) is 5.01. The Morgan fingerprint density at radius 3 is 2.58 bits per heavy atom. The minimum atomic E-state index is -0.316. The van der Waals surface area contributed by atoms with Gasteiger partial charge in [0, 0.05) is 49.6 Å². The third-order valence-corrected chi connectivity index (χ3v) is 6.81. The lowest BCUT2D eigenvalue weighted by Crippen LogP contribution is -2.54. The molecule has 6 nitrogen and oxygen atoms in total. The quantitative estimate of drug-likeness (QED) is 0.784. The van der Waals surface area contributed by atoms with Crippen molar-refractivity contribution in [2.45, 2.75) is 58.5 Å². The molecule has 0 unspecified atom stereocenters. The summed E-state index contributed by atoms with van der Waals surface area (Å²) in [5.74, 6) is -0.210. The minimum Gasteiger partial charge on any atom is -0.350 e. The number of halogens is 1. The average Bonchev–Trinajstić information content (AvgIpc) is 3.23. The SMILES string of the molecule is Cc1ccc(F)c2cc(C(=O)N[C@@H]3CCC[C@H](N4CCN(C(=O)C(C)C)CC4)C3)[nH]c12. The Bertz CT molecular complexity index is 923. The van der Waals surface area contributed by atoms with Crippen LogP contribution in [0.25, 0.3) is 10.9 Å². The van der Waals surface area contributed by atoms with E-state index in [4.69, 9.17) is 0 Å². The number of fused-ring (bicyclic) bond motifs is 1. The molecule has 0 radical (unpaired) electrons. The van der Waals surface area contributed by atoms with Gasteiger partial charge in [-0.05, 0) is 50.3 Å². The Kier molecular flexibility index (Phi) is 6.32. The number of H-pyrrole nitrogens is 1. The number of aromatic amines is 1. The first-order valence-corrected chi connectivity index (χ1v) is 11.4. The maximum absolute atomic E-state index is 14.1. The molecule has 168 valence electrons. The van der Waals surface area contributed by atoms with E-state index in [9.17, 15) is 14.0 Å². The molecule has 2 N–H and O–H groups in total. The average molecular weight is 429 g/mol. The van der Waals surface area contributed by atoms with Crippen LogP contribution in [0.4, 0.5) is 4.39 Å². The summed E-state index contributed by atoms with van der Waals surface area (Å²) < 4.78 is 14.1. The van der Waals surface area contributed by atoms with E-state index in [2.05, 4.69) is 15.2 Å². The molecule has 0 bridgehead atoms. The molecule has 2 atom stereocenters. The molecule has 2 aliphatic rings. The summed E-state index contributed by atoms with van der Waals surface area (Å²) >= 11 is 0. The van der Waals surface area contributed by atoms with Crippen LogP contribution in [0, 0.1) is 18.7 Å². The number of hydrogen-bond acceptors (Lipinski definition) is 3. The highest BCUT2D eigenvalue weighted by atomic mass is 19.1. The molecule has 1 aromatic heterocycles. The molecule has 1 aromatic carbocycles. The van der Waals surface area contributed by atoms with Gasteiger partial charge in [-0.2, -0.15) is 0 Å². The Hall–Kier alpha value is -2.41. The van der Waals surface area contributed by atoms with Crippen molar-refractivity contribution < 1.29 is 14.0 Å². The van der Waals surface area contributed by atoms with Gasteiger partial charge in [0.25, 0.3) is 5.91 Å². The van der Waals surface area contributed by atoms with E-state index in [1.165, 1.54) is 6.07 Å². The first-order valence-electron chi connectivity index (χ1n) is 11.4. The molecule has 2 aromatic rings. The van der Waals surface area contributed by atoms with Crippen LogP contribution in [0.3, 0.4) is 0 Å². The normalized spacial score (nSPS) is 22.8. The molecule has 1 saturated heterocycles. The summed E-state index contributed by atoms with van der Waals surface area (Å²) in [7, 11) is 0. The number of carbonyl (C=O) groups is 2. The number of rotatable bonds is 4. The Labute approximate surface area is 183 Å². The maximum Gasteiger partial charge on any atom is 0.267 e. The molecule has 1 aliphatic carbocycles. The number of nitrogens with zero attached hydrogens (tertiary/aromatic N) is 2. The van der Waals surface area contributed by atoms with E-state index >= 15 is 0 Å². The zero-order valence-electron chi connectivity index (χ0n) is 18.7. The van der Waals surface area contributed by atoms with E-state index in [-0.39, 0.29) is 29.6 Å². The molecule has 7 heteroatoms. The van der Waals surface area contributed by atoms with Gasteiger partial charge < -0.3 is 15.2 Å². The molecule has 1 saturated carbocycles. The van der Waals surface area contributed by atoms with Gasteiger partial charge in [0.2, 0.25) is 5.91 Å². The Balaban J connectivity index is 1.35. The van der Waals surface area contributed by atoms with Gasteiger partial charge in [0.15, 0.2) is 0 Å². The van der Waals surface area contributed by atoms with E-state index < -0.39 is 0 Å². The van der Waals surface area contributed by atoms with Crippen molar-refractivity contribution in [1.29, 1.82) is 0 Å². The minimum absolute atomic E-state index is 0.0442. The van der Waals surface area contributed by atoms with Gasteiger partial charge in [-0.15, -0.1) is 0 Å². The number of hydrogen-bond donors (Lipinski definition) is 2. The zero-order valence-corrected chi connectivity index (χ0v) is 18.7. The molecule has 31 heavy (non-hydrogen) atoms. The second-order valence-corrected chi connectivity index (χ2v) is 9.34. The Morgan fingerprint density at radius 2 is 1.90 bits per heavy atom. The zero-order chi connectivity index (χ0) is 22.1. The fourth-order valence-corrected chi connectivity index (χ4v) is 5.01. The lowest BCUT2D eigenvalue weighted by molar-refractivity contribution is -0.136. The van der Waals surface area contributed by atoms with Crippen LogP contribution in [0.5, 0.6) is 0 Å². The van der Waals surface area contributed by atoms with E-state index in [1.807, 2.05) is 25.7 Å². The lowest BCUT2D eigenvalue weighted by atomic mass is 9.89. The van der Waals surface area contributed by atoms with E-state index in [1.54, 1.807) is 12.1 Å². The number of amides is 2. The summed E-state index contributed by atoms with van der Waals surface area (Å²) in [6, 6.07) is 5.30. The third kappa shape index (κ3) is 4.61. The third-order valence-electron chi connectivity index (χ3n) is 6.81. The van der Waals surface area contributed by atoms with Crippen LogP contribution < -0.4 is 5.32 Å². The van der Waals surface area contributed by atoms with Crippen LogP contribution in [0.1, 0.15) is 55.6 Å². The van der Waals surface area contributed by atoms with Gasteiger partial charge in [0.05, 0.1) is 5.52 Å². The second-order valence-electron chi connectivity index (χ2n) is 9.34. The molecule has 1 aliphatic heterocycles. The predicted octanol–water partition coefficient (Wildman–Crippen LogP) is 3.46. The molecule has 2 fully saturated rings. The van der Waals surface area contributed by atoms with Gasteiger partial charge in [-0.3, -0.25) is 14.5 Å². The summed E-state index contributed by atoms with van der Waals surface area (Å²) in [6.07, 6.45) is 4.07. The van der Waals surface area contributed by atoms with Crippen molar-refractivity contribution >= 4 is 22.7 Å². The number of aryl methyl sites for hydroxylation is 1. The summed E-state index contributed by atoms with van der Waals surface area (Å²) in [5.41, 5.74) is 2.01. The molecular formula is C24H33FN4O2. The molecule has 0 spiro atoms. The van der Waals surface area contributed by atoms with Crippen molar-refractivity contribution in [3.05, 3.63) is 35.3 Å². The van der Waals surface area contributed by atoms with Crippen LogP contribution in [-0.4, -0.2) is 64.9 Å². The van der Waals surface area contributed by atoms with Crippen LogP contribution in [-0.2, 0) is 4.79 Å². The first-order chi connectivity index (χ1) is 14.8. The smallest absolute Gasteiger partial charge is 0.267 e. The second kappa shape index (κ2) is 8.99. The van der Waals surface area contributed by atoms with Crippen molar-refractivity contribution in [1.82, 2.24) is 20.1 Å². The summed E-state index contributed by atoms with van der Waals surface area (Å²) in [4.78, 5) is 32.6. The molecule has 2 heterocycles. The number of carbonyl (C=O) groups excluding carboxylic acids is 2. The van der Waals surface area contributed by atoms with Crippen LogP contribution >= 0.6 is 0 Å².